The molecule has 0 amide bonds. The summed E-state index contributed by atoms with van der Waals surface area (Å²) in [6.45, 7) is 0. The molecule has 0 saturated carbocycles. The molecule has 0 spiro atoms. The van der Waals surface area contributed by atoms with Crippen LogP contribution in [-0.2, 0) is 0 Å². The van der Waals surface area contributed by atoms with Crippen LogP contribution in [0.3, 0.4) is 0 Å². The Labute approximate surface area is 163 Å². The molecule has 2 atom stereocenters. The van der Waals surface area contributed by atoms with Gasteiger partial charge in [0, 0.05) is 0 Å². The van der Waals surface area contributed by atoms with Gasteiger partial charge in [0.05, 0.1) is 0 Å². The lowest BCUT2D eigenvalue weighted by atomic mass is 9.99. The second kappa shape index (κ2) is 6.65. The summed E-state index contributed by atoms with van der Waals surface area (Å²) >= 11 is 5.54. The van der Waals surface area contributed by atoms with Crippen LogP contribution >= 0.6 is 12.2 Å². The molecule has 1 fully saturated rings. The summed E-state index contributed by atoms with van der Waals surface area (Å²) in [7, 11) is 0. The van der Waals surface area contributed by atoms with Gasteiger partial charge in [-0.15, -0.1) is 0 Å². The van der Waals surface area contributed by atoms with Gasteiger partial charge < -0.3 is 10.6 Å². The SMILES string of the molecule is S=C1NC(c2cccc3ccccc23)NC(c2cccc3ccccc23)N1. The molecule has 1 aliphatic rings. The van der Waals surface area contributed by atoms with Crippen LogP contribution in [0.2, 0.25) is 0 Å². The van der Waals surface area contributed by atoms with Crippen LogP contribution in [-0.4, -0.2) is 5.11 Å². The van der Waals surface area contributed by atoms with Crippen LogP contribution in [0, 0.1) is 0 Å². The van der Waals surface area contributed by atoms with Crippen LogP contribution < -0.4 is 16.0 Å². The topological polar surface area (TPSA) is 36.1 Å². The van der Waals surface area contributed by atoms with Crippen molar-refractivity contribution in [3.63, 3.8) is 0 Å². The normalized spacial score (nSPS) is 19.6. The minimum atomic E-state index is -0.0613. The van der Waals surface area contributed by atoms with Gasteiger partial charge in [0.25, 0.3) is 0 Å². The predicted molar refractivity (Wildman–Crippen MR) is 115 cm³/mol. The molecule has 1 saturated heterocycles. The van der Waals surface area contributed by atoms with Gasteiger partial charge in [0.1, 0.15) is 12.3 Å². The van der Waals surface area contributed by atoms with Crippen LogP contribution in [0.4, 0.5) is 0 Å². The van der Waals surface area contributed by atoms with Crippen LogP contribution in [0.5, 0.6) is 0 Å². The van der Waals surface area contributed by atoms with Crippen molar-refractivity contribution >= 4 is 38.9 Å². The van der Waals surface area contributed by atoms with Crippen LogP contribution in [0.25, 0.3) is 21.5 Å². The van der Waals surface area contributed by atoms with Gasteiger partial charge in [-0.1, -0.05) is 84.9 Å². The number of hydrogen-bond donors (Lipinski definition) is 3. The first-order valence-electron chi connectivity index (χ1n) is 9.08. The predicted octanol–water partition coefficient (Wildman–Crippen LogP) is 4.76. The highest BCUT2D eigenvalue weighted by atomic mass is 32.1. The Hall–Kier alpha value is -2.95. The van der Waals surface area contributed by atoms with E-state index in [1.54, 1.807) is 0 Å². The number of rotatable bonds is 2. The molecule has 4 heteroatoms. The van der Waals surface area contributed by atoms with Crippen molar-refractivity contribution in [1.29, 1.82) is 0 Å². The minimum Gasteiger partial charge on any atom is -0.343 e. The third-order valence-corrected chi connectivity index (χ3v) is 5.39. The summed E-state index contributed by atoms with van der Waals surface area (Å²) in [5, 5.41) is 16.0. The van der Waals surface area contributed by atoms with Crippen molar-refractivity contribution in [2.45, 2.75) is 12.3 Å². The van der Waals surface area contributed by atoms with E-state index in [1.807, 2.05) is 0 Å². The van der Waals surface area contributed by atoms with E-state index in [4.69, 9.17) is 12.2 Å². The second-order valence-electron chi connectivity index (χ2n) is 6.79. The van der Waals surface area contributed by atoms with Crippen molar-refractivity contribution in [1.82, 2.24) is 16.0 Å². The molecule has 3 nitrogen and oxygen atoms in total. The Morgan fingerprint density at radius 3 is 1.52 bits per heavy atom. The molecule has 4 aromatic carbocycles. The van der Waals surface area contributed by atoms with Crippen LogP contribution in [0.1, 0.15) is 23.5 Å². The van der Waals surface area contributed by atoms with E-state index in [0.29, 0.717) is 5.11 Å². The van der Waals surface area contributed by atoms with E-state index in [0.717, 1.165) is 0 Å². The lowest BCUT2D eigenvalue weighted by Gasteiger charge is -2.36. The number of fused-ring (bicyclic) bond motifs is 2. The lowest BCUT2D eigenvalue weighted by Crippen LogP contribution is -2.55. The number of nitrogens with one attached hydrogen (secondary N) is 3. The largest absolute Gasteiger partial charge is 0.343 e. The molecular weight excluding hydrogens is 350 g/mol. The minimum absolute atomic E-state index is 0.0613. The smallest absolute Gasteiger partial charge is 0.169 e. The number of hydrogen-bond acceptors (Lipinski definition) is 2. The van der Waals surface area contributed by atoms with E-state index in [1.165, 1.54) is 32.7 Å². The van der Waals surface area contributed by atoms with Crippen molar-refractivity contribution < 1.29 is 0 Å². The molecule has 132 valence electrons. The van der Waals surface area contributed by atoms with Gasteiger partial charge in [-0.3, -0.25) is 5.32 Å². The average molecular weight is 369 g/mol. The quantitative estimate of drug-likeness (QED) is 0.445. The van der Waals surface area contributed by atoms with E-state index >= 15 is 0 Å². The average Bonchev–Trinajstić information content (AvgIpc) is 2.72. The first-order chi connectivity index (χ1) is 13.3. The summed E-state index contributed by atoms with van der Waals surface area (Å²) < 4.78 is 0. The maximum Gasteiger partial charge on any atom is 0.169 e. The summed E-state index contributed by atoms with van der Waals surface area (Å²) in [5.41, 5.74) is 2.39. The maximum atomic E-state index is 5.54. The Bertz CT molecular complexity index is 1050. The van der Waals surface area contributed by atoms with Crippen LogP contribution in [0.15, 0.2) is 84.9 Å². The third kappa shape index (κ3) is 2.93. The molecule has 0 aromatic heterocycles. The van der Waals surface area contributed by atoms with Gasteiger partial charge in [-0.25, -0.2) is 0 Å². The molecule has 2 unspecified atom stereocenters. The third-order valence-electron chi connectivity index (χ3n) is 5.15. The fourth-order valence-electron chi connectivity index (χ4n) is 3.89. The summed E-state index contributed by atoms with van der Waals surface area (Å²) in [6, 6.07) is 29.7. The molecule has 4 aromatic rings. The van der Waals surface area contributed by atoms with Crippen molar-refractivity contribution in [3.8, 4) is 0 Å². The molecular formula is C23H19N3S. The van der Waals surface area contributed by atoms with E-state index in [2.05, 4.69) is 101 Å². The van der Waals surface area contributed by atoms with E-state index in [9.17, 15) is 0 Å². The van der Waals surface area contributed by atoms with Crippen molar-refractivity contribution in [3.05, 3.63) is 96.1 Å². The maximum absolute atomic E-state index is 5.54. The number of benzene rings is 4. The highest BCUT2D eigenvalue weighted by Crippen LogP contribution is 2.29. The van der Waals surface area contributed by atoms with Gasteiger partial charge in [-0.05, 0) is 44.9 Å². The first-order valence-corrected chi connectivity index (χ1v) is 9.49. The molecule has 0 radical (unpaired) electrons. The molecule has 0 bridgehead atoms. The molecule has 1 aliphatic heterocycles. The fraction of sp³-hybridized carbons (Fsp3) is 0.0870. The van der Waals surface area contributed by atoms with Gasteiger partial charge in [-0.2, -0.15) is 0 Å². The Kier molecular flexibility index (Phi) is 4.00. The molecule has 3 N–H and O–H groups in total. The summed E-state index contributed by atoms with van der Waals surface area (Å²) in [4.78, 5) is 0. The highest BCUT2D eigenvalue weighted by molar-refractivity contribution is 7.80. The number of thiocarbonyl (C=S) groups is 1. The standard InChI is InChI=1S/C23H19N3S/c27-23-25-21(19-13-5-9-15-7-1-3-11-17(15)19)24-22(26-23)20-14-6-10-16-8-2-4-12-18(16)20/h1-14,21-22,24H,(H2,25,26,27). The zero-order valence-electron chi connectivity index (χ0n) is 14.6. The first kappa shape index (κ1) is 16.2. The molecule has 0 aliphatic carbocycles. The van der Waals surface area contributed by atoms with Crippen molar-refractivity contribution in [2.75, 3.05) is 0 Å². The Morgan fingerprint density at radius 1 is 0.556 bits per heavy atom. The molecule has 27 heavy (non-hydrogen) atoms. The zero-order chi connectivity index (χ0) is 18.2. The van der Waals surface area contributed by atoms with E-state index in [-0.39, 0.29) is 12.3 Å². The van der Waals surface area contributed by atoms with Crippen molar-refractivity contribution in [2.24, 2.45) is 0 Å². The van der Waals surface area contributed by atoms with E-state index < -0.39 is 0 Å². The van der Waals surface area contributed by atoms with Gasteiger partial charge in [0.15, 0.2) is 5.11 Å². The lowest BCUT2D eigenvalue weighted by molar-refractivity contribution is 0.371. The fourth-order valence-corrected chi connectivity index (χ4v) is 4.13. The monoisotopic (exact) mass is 369 g/mol. The molecule has 1 heterocycles. The zero-order valence-corrected chi connectivity index (χ0v) is 15.5. The Balaban J connectivity index is 1.57. The molecule has 5 rings (SSSR count). The summed E-state index contributed by atoms with van der Waals surface area (Å²) in [5.74, 6) is 0. The van der Waals surface area contributed by atoms with Gasteiger partial charge >= 0.3 is 0 Å². The highest BCUT2D eigenvalue weighted by Gasteiger charge is 2.26. The summed E-state index contributed by atoms with van der Waals surface area (Å²) in [6.07, 6.45) is -0.123. The second-order valence-corrected chi connectivity index (χ2v) is 7.20. The van der Waals surface area contributed by atoms with Gasteiger partial charge in [0.2, 0.25) is 0 Å². The Morgan fingerprint density at radius 2 is 1.00 bits per heavy atom.